The molecule has 0 bridgehead atoms. The summed E-state index contributed by atoms with van der Waals surface area (Å²) in [4.78, 5) is 15.8. The van der Waals surface area contributed by atoms with Crippen molar-refractivity contribution in [2.45, 2.75) is 32.4 Å². The van der Waals surface area contributed by atoms with Gasteiger partial charge in [0, 0.05) is 6.20 Å². The van der Waals surface area contributed by atoms with Crippen molar-refractivity contribution in [3.63, 3.8) is 0 Å². The van der Waals surface area contributed by atoms with Gasteiger partial charge in [-0.2, -0.15) is 0 Å². The number of hydrogen-bond acceptors (Lipinski definition) is 3. The highest BCUT2D eigenvalue weighted by atomic mass is 16.2. The molecular weight excluding hydrogens is 214 g/mol. The molecule has 4 heteroatoms. The van der Waals surface area contributed by atoms with E-state index in [1.54, 1.807) is 12.3 Å². The Hall–Kier alpha value is -1.68. The molecule has 0 aromatic carbocycles. The van der Waals surface area contributed by atoms with Gasteiger partial charge in [0.15, 0.2) is 0 Å². The van der Waals surface area contributed by atoms with E-state index in [1.807, 2.05) is 12.1 Å². The number of aromatic nitrogens is 1. The van der Waals surface area contributed by atoms with Gasteiger partial charge in [0.25, 0.3) is 0 Å². The lowest BCUT2D eigenvalue weighted by Gasteiger charge is -2.11. The summed E-state index contributed by atoms with van der Waals surface area (Å²) in [6.07, 6.45) is 4.75. The second kappa shape index (κ2) is 6.81. The van der Waals surface area contributed by atoms with Gasteiger partial charge in [-0.05, 0) is 24.5 Å². The van der Waals surface area contributed by atoms with Crippen LogP contribution in [0.1, 0.15) is 24.6 Å². The van der Waals surface area contributed by atoms with Crippen LogP contribution in [-0.4, -0.2) is 16.9 Å². The van der Waals surface area contributed by atoms with Crippen LogP contribution < -0.4 is 11.1 Å². The molecule has 1 heterocycles. The van der Waals surface area contributed by atoms with Gasteiger partial charge in [-0.3, -0.25) is 9.78 Å². The Kier molecular flexibility index (Phi) is 5.36. The minimum atomic E-state index is -0.527. The van der Waals surface area contributed by atoms with Crippen molar-refractivity contribution in [2.75, 3.05) is 0 Å². The molecule has 0 fully saturated rings. The van der Waals surface area contributed by atoms with Crippen LogP contribution in [0.4, 0.5) is 0 Å². The number of nitrogens with one attached hydrogen (secondary N) is 1. The molecule has 0 saturated carbocycles. The zero-order chi connectivity index (χ0) is 12.7. The first-order valence-electron chi connectivity index (χ1n) is 5.76. The van der Waals surface area contributed by atoms with E-state index in [1.165, 1.54) is 0 Å². The summed E-state index contributed by atoms with van der Waals surface area (Å²) < 4.78 is 0. The first-order chi connectivity index (χ1) is 8.19. The van der Waals surface area contributed by atoms with Gasteiger partial charge in [-0.25, -0.2) is 0 Å². The van der Waals surface area contributed by atoms with Gasteiger partial charge >= 0.3 is 0 Å². The van der Waals surface area contributed by atoms with Crippen molar-refractivity contribution >= 4 is 5.91 Å². The average molecular weight is 233 g/mol. The van der Waals surface area contributed by atoms with E-state index in [4.69, 9.17) is 5.73 Å². The van der Waals surface area contributed by atoms with E-state index >= 15 is 0 Å². The second-order valence-electron chi connectivity index (χ2n) is 3.81. The predicted molar refractivity (Wildman–Crippen MR) is 68.3 cm³/mol. The second-order valence-corrected chi connectivity index (χ2v) is 3.81. The molecule has 0 spiro atoms. The third-order valence-electron chi connectivity index (χ3n) is 2.55. The molecule has 0 saturated heterocycles. The van der Waals surface area contributed by atoms with Crippen molar-refractivity contribution in [1.82, 2.24) is 10.3 Å². The van der Waals surface area contributed by atoms with Crippen LogP contribution in [0, 0.1) is 0 Å². The molecule has 0 aliphatic carbocycles. The Morgan fingerprint density at radius 2 is 2.47 bits per heavy atom. The Morgan fingerprint density at radius 3 is 3.12 bits per heavy atom. The smallest absolute Gasteiger partial charge is 0.237 e. The summed E-state index contributed by atoms with van der Waals surface area (Å²) in [5, 5.41) is 2.78. The van der Waals surface area contributed by atoms with Crippen molar-refractivity contribution in [2.24, 2.45) is 5.73 Å². The average Bonchev–Trinajstić information content (AvgIpc) is 2.36. The Labute approximate surface area is 102 Å². The summed E-state index contributed by atoms with van der Waals surface area (Å²) in [6, 6.07) is 3.38. The van der Waals surface area contributed by atoms with Crippen molar-refractivity contribution in [3.8, 4) is 0 Å². The highest BCUT2D eigenvalue weighted by molar-refractivity contribution is 5.81. The largest absolute Gasteiger partial charge is 0.349 e. The number of rotatable bonds is 6. The molecule has 3 N–H and O–H groups in total. The maximum Gasteiger partial charge on any atom is 0.237 e. The molecule has 92 valence electrons. The third-order valence-corrected chi connectivity index (χ3v) is 2.55. The minimum absolute atomic E-state index is 0.169. The molecule has 1 amide bonds. The van der Waals surface area contributed by atoms with E-state index in [0.717, 1.165) is 17.7 Å². The van der Waals surface area contributed by atoms with Gasteiger partial charge < -0.3 is 11.1 Å². The van der Waals surface area contributed by atoms with Crippen molar-refractivity contribution in [1.29, 1.82) is 0 Å². The van der Waals surface area contributed by atoms with Crippen molar-refractivity contribution in [3.05, 3.63) is 42.2 Å². The summed E-state index contributed by atoms with van der Waals surface area (Å²) in [6.45, 7) is 6.04. The highest BCUT2D eigenvalue weighted by Crippen LogP contribution is 2.05. The number of pyridine rings is 1. The zero-order valence-corrected chi connectivity index (χ0v) is 10.1. The molecule has 4 nitrogen and oxygen atoms in total. The third kappa shape index (κ3) is 4.00. The van der Waals surface area contributed by atoms with Crippen molar-refractivity contribution < 1.29 is 4.79 Å². The van der Waals surface area contributed by atoms with Crippen LogP contribution in [0.15, 0.2) is 31.0 Å². The monoisotopic (exact) mass is 233 g/mol. The van der Waals surface area contributed by atoms with Crippen LogP contribution >= 0.6 is 0 Å². The first kappa shape index (κ1) is 13.4. The summed E-state index contributed by atoms with van der Waals surface area (Å²) >= 11 is 0. The molecular formula is C13H19N3O. The topological polar surface area (TPSA) is 68.0 Å². The number of amides is 1. The Bertz CT molecular complexity index is 390. The zero-order valence-electron chi connectivity index (χ0n) is 10.1. The quantitative estimate of drug-likeness (QED) is 0.725. The molecule has 0 radical (unpaired) electrons. The number of nitrogens with zero attached hydrogens (tertiary/aromatic N) is 1. The predicted octanol–water partition coefficient (Wildman–Crippen LogP) is 1.16. The van der Waals surface area contributed by atoms with E-state index in [2.05, 4.69) is 23.8 Å². The van der Waals surface area contributed by atoms with Crippen LogP contribution in [0.3, 0.4) is 0 Å². The fraction of sp³-hybridized carbons (Fsp3) is 0.385. The van der Waals surface area contributed by atoms with Crippen LogP contribution in [0.5, 0.6) is 0 Å². The lowest BCUT2D eigenvalue weighted by atomic mass is 10.1. The van der Waals surface area contributed by atoms with E-state index in [9.17, 15) is 4.79 Å². The SMILES string of the molecule is C=CCC(N)C(=O)NCc1ncccc1CC. The fourth-order valence-corrected chi connectivity index (χ4v) is 1.54. The highest BCUT2D eigenvalue weighted by Gasteiger charge is 2.11. The Balaban J connectivity index is 2.55. The lowest BCUT2D eigenvalue weighted by Crippen LogP contribution is -2.40. The molecule has 1 rings (SSSR count). The lowest BCUT2D eigenvalue weighted by molar-refractivity contribution is -0.122. The van der Waals surface area contributed by atoms with Gasteiger partial charge in [-0.1, -0.05) is 19.1 Å². The molecule has 1 atom stereocenters. The van der Waals surface area contributed by atoms with Gasteiger partial charge in [0.1, 0.15) is 0 Å². The van der Waals surface area contributed by atoms with E-state index in [-0.39, 0.29) is 5.91 Å². The molecule has 0 aliphatic heterocycles. The molecule has 1 aromatic rings. The summed E-state index contributed by atoms with van der Waals surface area (Å²) in [5.74, 6) is -0.169. The number of nitrogens with two attached hydrogens (primary N) is 1. The first-order valence-corrected chi connectivity index (χ1v) is 5.76. The maximum atomic E-state index is 11.6. The maximum absolute atomic E-state index is 11.6. The summed E-state index contributed by atoms with van der Waals surface area (Å²) in [5.41, 5.74) is 7.70. The molecule has 0 aliphatic rings. The number of hydrogen-bond donors (Lipinski definition) is 2. The van der Waals surface area contributed by atoms with Gasteiger partial charge in [-0.15, -0.1) is 6.58 Å². The van der Waals surface area contributed by atoms with Gasteiger partial charge in [0.2, 0.25) is 5.91 Å². The standard InChI is InChI=1S/C13H19N3O/c1-3-6-11(14)13(17)16-9-12-10(4-2)7-5-8-15-12/h3,5,7-8,11H,1,4,6,9,14H2,2H3,(H,16,17). The molecule has 1 unspecified atom stereocenters. The van der Waals surface area contributed by atoms with E-state index in [0.29, 0.717) is 13.0 Å². The number of aryl methyl sites for hydroxylation is 1. The molecule has 1 aromatic heterocycles. The van der Waals surface area contributed by atoms with Crippen LogP contribution in [-0.2, 0) is 17.8 Å². The fourth-order valence-electron chi connectivity index (χ4n) is 1.54. The molecule has 17 heavy (non-hydrogen) atoms. The minimum Gasteiger partial charge on any atom is -0.349 e. The van der Waals surface area contributed by atoms with E-state index < -0.39 is 6.04 Å². The van der Waals surface area contributed by atoms with Crippen LogP contribution in [0.25, 0.3) is 0 Å². The number of carbonyl (C=O) groups is 1. The summed E-state index contributed by atoms with van der Waals surface area (Å²) in [7, 11) is 0. The Morgan fingerprint density at radius 1 is 1.71 bits per heavy atom. The number of carbonyl (C=O) groups excluding carboxylic acids is 1. The van der Waals surface area contributed by atoms with Gasteiger partial charge in [0.05, 0.1) is 18.3 Å². The normalized spacial score (nSPS) is 11.9. The van der Waals surface area contributed by atoms with Crippen LogP contribution in [0.2, 0.25) is 0 Å².